The highest BCUT2D eigenvalue weighted by Gasteiger charge is 2.21. The Hall–Kier alpha value is -3.01. The molecule has 1 fully saturated rings. The lowest BCUT2D eigenvalue weighted by molar-refractivity contribution is -0.136. The maximum Gasteiger partial charge on any atom is 0.314 e. The average Bonchev–Trinajstić information content (AvgIpc) is 3.28. The molecule has 10 heteroatoms. The lowest BCUT2D eigenvalue weighted by Gasteiger charge is -2.11. The minimum absolute atomic E-state index is 0.0550. The molecule has 0 spiro atoms. The molecule has 0 unspecified atom stereocenters. The third kappa shape index (κ3) is 4.59. The summed E-state index contributed by atoms with van der Waals surface area (Å²) in [5, 5.41) is 9.30. The van der Waals surface area contributed by atoms with Gasteiger partial charge in [0, 0.05) is 31.0 Å². The molecule has 1 aliphatic heterocycles. The van der Waals surface area contributed by atoms with Gasteiger partial charge < -0.3 is 15.4 Å². The van der Waals surface area contributed by atoms with E-state index in [4.69, 9.17) is 4.74 Å². The highest BCUT2D eigenvalue weighted by molar-refractivity contribution is 6.39. The second kappa shape index (κ2) is 8.12. The molecule has 1 atom stereocenters. The fraction of sp³-hybridized carbons (Fsp3) is 0.471. The van der Waals surface area contributed by atoms with Crippen LogP contribution in [0.25, 0.3) is 5.95 Å². The number of aromatic nitrogens is 4. The van der Waals surface area contributed by atoms with E-state index in [0.717, 1.165) is 12.8 Å². The number of hydrogen-bond acceptors (Lipinski definition) is 6. The Morgan fingerprint density at radius 2 is 2.19 bits per heavy atom. The number of anilines is 1. The van der Waals surface area contributed by atoms with Crippen molar-refractivity contribution in [3.63, 3.8) is 0 Å². The summed E-state index contributed by atoms with van der Waals surface area (Å²) in [6.07, 6.45) is 2.33. The lowest BCUT2D eigenvalue weighted by atomic mass is 10.2. The first-order chi connectivity index (χ1) is 13.0. The number of aryl methyl sites for hydroxylation is 2. The molecule has 3 heterocycles. The summed E-state index contributed by atoms with van der Waals surface area (Å²) in [6, 6.07) is 2.99. The van der Waals surface area contributed by atoms with Crippen LogP contribution in [0.1, 0.15) is 31.2 Å². The van der Waals surface area contributed by atoms with Gasteiger partial charge in [-0.2, -0.15) is 9.78 Å². The molecule has 3 N–H and O–H groups in total. The van der Waals surface area contributed by atoms with Crippen molar-refractivity contribution in [3.05, 3.63) is 33.9 Å². The van der Waals surface area contributed by atoms with Crippen molar-refractivity contribution in [2.75, 3.05) is 18.5 Å². The first-order valence-corrected chi connectivity index (χ1v) is 8.84. The van der Waals surface area contributed by atoms with Gasteiger partial charge in [0.25, 0.3) is 5.56 Å². The smallest absolute Gasteiger partial charge is 0.314 e. The molecule has 3 rings (SSSR count). The van der Waals surface area contributed by atoms with Gasteiger partial charge in [0.15, 0.2) is 0 Å². The molecular weight excluding hydrogens is 352 g/mol. The predicted molar refractivity (Wildman–Crippen MR) is 96.7 cm³/mol. The second-order valence-electron chi connectivity index (χ2n) is 6.30. The Morgan fingerprint density at radius 1 is 1.37 bits per heavy atom. The summed E-state index contributed by atoms with van der Waals surface area (Å²) in [4.78, 5) is 42.9. The number of H-pyrrole nitrogens is 1. The Balaban J connectivity index is 1.73. The fourth-order valence-corrected chi connectivity index (χ4v) is 2.79. The van der Waals surface area contributed by atoms with Crippen LogP contribution in [-0.2, 0) is 20.7 Å². The first-order valence-electron chi connectivity index (χ1n) is 8.84. The van der Waals surface area contributed by atoms with Crippen LogP contribution in [0.3, 0.4) is 0 Å². The van der Waals surface area contributed by atoms with Gasteiger partial charge in [-0.05, 0) is 26.2 Å². The van der Waals surface area contributed by atoms with E-state index >= 15 is 0 Å². The van der Waals surface area contributed by atoms with Crippen LogP contribution < -0.4 is 16.2 Å². The van der Waals surface area contributed by atoms with E-state index in [1.54, 1.807) is 13.0 Å². The van der Waals surface area contributed by atoms with Gasteiger partial charge >= 0.3 is 11.8 Å². The topological polar surface area (TPSA) is 131 Å². The van der Waals surface area contributed by atoms with Crippen LogP contribution >= 0.6 is 0 Å². The Kier molecular flexibility index (Phi) is 5.65. The minimum Gasteiger partial charge on any atom is -0.376 e. The van der Waals surface area contributed by atoms with Gasteiger partial charge in [-0.15, -0.1) is 0 Å². The number of hydrogen-bond donors (Lipinski definition) is 3. The van der Waals surface area contributed by atoms with Gasteiger partial charge in [0.05, 0.1) is 11.8 Å². The zero-order chi connectivity index (χ0) is 19.4. The summed E-state index contributed by atoms with van der Waals surface area (Å²) < 4.78 is 6.70. The summed E-state index contributed by atoms with van der Waals surface area (Å²) >= 11 is 0. The molecule has 0 aliphatic carbocycles. The second-order valence-corrected chi connectivity index (χ2v) is 6.30. The summed E-state index contributed by atoms with van der Waals surface area (Å²) in [6.45, 7) is 4.57. The predicted octanol–water partition coefficient (Wildman–Crippen LogP) is 0.0601. The lowest BCUT2D eigenvalue weighted by Crippen LogP contribution is -2.39. The minimum atomic E-state index is -0.830. The van der Waals surface area contributed by atoms with Crippen molar-refractivity contribution in [2.45, 2.75) is 39.2 Å². The maximum absolute atomic E-state index is 12.2. The zero-order valence-corrected chi connectivity index (χ0v) is 15.2. The van der Waals surface area contributed by atoms with Crippen LogP contribution in [0.4, 0.5) is 5.82 Å². The van der Waals surface area contributed by atoms with Gasteiger partial charge in [-0.3, -0.25) is 19.4 Å². The molecule has 0 bridgehead atoms. The zero-order valence-electron chi connectivity index (χ0n) is 15.2. The van der Waals surface area contributed by atoms with E-state index in [2.05, 4.69) is 25.7 Å². The molecule has 1 aliphatic rings. The normalized spacial score (nSPS) is 16.3. The number of ether oxygens (including phenoxy) is 1. The average molecular weight is 374 g/mol. The van der Waals surface area contributed by atoms with Crippen molar-refractivity contribution in [3.8, 4) is 5.95 Å². The molecule has 0 radical (unpaired) electrons. The van der Waals surface area contributed by atoms with E-state index < -0.39 is 11.8 Å². The molecule has 2 aromatic heterocycles. The summed E-state index contributed by atoms with van der Waals surface area (Å²) in [7, 11) is 0. The van der Waals surface area contributed by atoms with Crippen molar-refractivity contribution in [1.29, 1.82) is 0 Å². The number of nitrogens with one attached hydrogen (secondary N) is 3. The van der Waals surface area contributed by atoms with Crippen LogP contribution in [-0.4, -0.2) is 50.8 Å². The number of amides is 2. The summed E-state index contributed by atoms with van der Waals surface area (Å²) in [5.74, 6) is -1.19. The van der Waals surface area contributed by atoms with E-state index in [0.29, 0.717) is 24.4 Å². The highest BCUT2D eigenvalue weighted by atomic mass is 16.5. The van der Waals surface area contributed by atoms with E-state index in [1.165, 1.54) is 10.7 Å². The molecule has 144 valence electrons. The van der Waals surface area contributed by atoms with Gasteiger partial charge in [0.1, 0.15) is 5.82 Å². The van der Waals surface area contributed by atoms with E-state index in [1.807, 2.05) is 6.92 Å². The number of carbonyl (C=O) groups excluding carboxylic acids is 2. The van der Waals surface area contributed by atoms with Crippen LogP contribution in [0, 0.1) is 6.92 Å². The largest absolute Gasteiger partial charge is 0.376 e. The Bertz CT molecular complexity index is 897. The third-order valence-electron chi connectivity index (χ3n) is 4.14. The number of carbonyl (C=O) groups is 2. The fourth-order valence-electron chi connectivity index (χ4n) is 2.79. The van der Waals surface area contributed by atoms with Crippen molar-refractivity contribution in [2.24, 2.45) is 0 Å². The molecule has 10 nitrogen and oxygen atoms in total. The van der Waals surface area contributed by atoms with Gasteiger partial charge in [0.2, 0.25) is 5.95 Å². The van der Waals surface area contributed by atoms with Crippen molar-refractivity contribution >= 4 is 17.6 Å². The quantitative estimate of drug-likeness (QED) is 0.634. The van der Waals surface area contributed by atoms with Crippen molar-refractivity contribution < 1.29 is 14.3 Å². The first kappa shape index (κ1) is 18.8. The number of nitrogens with zero attached hydrogens (tertiary/aromatic N) is 3. The SMILES string of the molecule is CCc1cc(=O)[nH]c(-n2nc(C)cc2NC(=O)C(=O)NC[C@H]2CCCO2)n1. The van der Waals surface area contributed by atoms with Gasteiger partial charge in [-0.1, -0.05) is 6.92 Å². The van der Waals surface area contributed by atoms with Crippen LogP contribution in [0.5, 0.6) is 0 Å². The number of rotatable bonds is 5. The molecule has 0 aromatic carbocycles. The number of aromatic amines is 1. The molecular formula is C17H22N6O4. The Morgan fingerprint density at radius 3 is 2.89 bits per heavy atom. The maximum atomic E-state index is 12.2. The molecule has 2 amide bonds. The van der Waals surface area contributed by atoms with E-state index in [-0.39, 0.29) is 30.0 Å². The van der Waals surface area contributed by atoms with Crippen LogP contribution in [0.2, 0.25) is 0 Å². The molecule has 27 heavy (non-hydrogen) atoms. The standard InChI is InChI=1S/C17H22N6O4/c1-3-11-8-14(24)21-17(19-11)23-13(7-10(2)22-23)20-16(26)15(25)18-9-12-5-4-6-27-12/h7-8,12H,3-6,9H2,1-2H3,(H,18,25)(H,20,26)(H,19,21,24)/t12-/m1/s1. The molecule has 0 saturated carbocycles. The molecule has 1 saturated heterocycles. The summed E-state index contributed by atoms with van der Waals surface area (Å²) in [5.41, 5.74) is 0.861. The highest BCUT2D eigenvalue weighted by Crippen LogP contribution is 2.14. The van der Waals surface area contributed by atoms with E-state index in [9.17, 15) is 14.4 Å². The van der Waals surface area contributed by atoms with Gasteiger partial charge in [-0.25, -0.2) is 4.98 Å². The Labute approximate surface area is 155 Å². The molecule has 2 aromatic rings. The van der Waals surface area contributed by atoms with Crippen LogP contribution in [0.15, 0.2) is 16.9 Å². The monoisotopic (exact) mass is 374 g/mol. The van der Waals surface area contributed by atoms with Crippen molar-refractivity contribution in [1.82, 2.24) is 25.1 Å². The third-order valence-corrected chi connectivity index (χ3v) is 4.14.